The van der Waals surface area contributed by atoms with Crippen molar-refractivity contribution in [1.29, 1.82) is 0 Å². The summed E-state index contributed by atoms with van der Waals surface area (Å²) in [6.07, 6.45) is 0. The van der Waals surface area contributed by atoms with Crippen LogP contribution in [0.2, 0.25) is 0 Å². The van der Waals surface area contributed by atoms with E-state index in [-0.39, 0.29) is 5.75 Å². The minimum Gasteiger partial charge on any atom is -0.506 e. The molecule has 0 amide bonds. The fourth-order valence-corrected chi connectivity index (χ4v) is 2.09. The van der Waals surface area contributed by atoms with E-state index >= 15 is 0 Å². The average Bonchev–Trinajstić information content (AvgIpc) is 2.01. The van der Waals surface area contributed by atoms with Crippen LogP contribution in [-0.2, 0) is 6.54 Å². The van der Waals surface area contributed by atoms with Crippen molar-refractivity contribution in [3.63, 3.8) is 0 Å². The van der Waals surface area contributed by atoms with E-state index in [0.717, 1.165) is 5.56 Å². The lowest BCUT2D eigenvalue weighted by atomic mass is 10.2. The van der Waals surface area contributed by atoms with Crippen LogP contribution >= 0.6 is 31.9 Å². The molecule has 0 aromatic heterocycles. The van der Waals surface area contributed by atoms with Crippen LogP contribution in [0.15, 0.2) is 21.1 Å². The Morgan fingerprint density at radius 1 is 1.25 bits per heavy atom. The molecule has 12 heavy (non-hydrogen) atoms. The molecule has 0 bridgehead atoms. The van der Waals surface area contributed by atoms with Crippen molar-refractivity contribution < 1.29 is 10.3 Å². The van der Waals surface area contributed by atoms with Crippen LogP contribution < -0.4 is 5.48 Å². The maximum atomic E-state index is 9.32. The van der Waals surface area contributed by atoms with Gasteiger partial charge in [0.05, 0.1) is 8.95 Å². The summed E-state index contributed by atoms with van der Waals surface area (Å²) in [6, 6.07) is 3.45. The quantitative estimate of drug-likeness (QED) is 0.735. The molecule has 0 heterocycles. The molecule has 1 aromatic carbocycles. The topological polar surface area (TPSA) is 52.5 Å². The second-order valence-corrected chi connectivity index (χ2v) is 3.95. The van der Waals surface area contributed by atoms with Crippen molar-refractivity contribution in [2.75, 3.05) is 0 Å². The minimum absolute atomic E-state index is 0.164. The number of hydroxylamine groups is 1. The van der Waals surface area contributed by atoms with Crippen LogP contribution in [0, 0.1) is 0 Å². The summed E-state index contributed by atoms with van der Waals surface area (Å²) in [5.41, 5.74) is 2.90. The lowest BCUT2D eigenvalue weighted by molar-refractivity contribution is 0.161. The van der Waals surface area contributed by atoms with E-state index in [1.165, 1.54) is 0 Å². The van der Waals surface area contributed by atoms with Gasteiger partial charge in [-0.25, -0.2) is 5.48 Å². The molecule has 66 valence electrons. The molecule has 0 fully saturated rings. The van der Waals surface area contributed by atoms with E-state index in [9.17, 15) is 5.11 Å². The molecule has 1 aromatic rings. The molecule has 0 aliphatic rings. The molecule has 5 heteroatoms. The highest BCUT2D eigenvalue weighted by Crippen LogP contribution is 2.33. The number of rotatable bonds is 2. The van der Waals surface area contributed by atoms with Crippen molar-refractivity contribution in [2.24, 2.45) is 0 Å². The van der Waals surface area contributed by atoms with Gasteiger partial charge in [0.25, 0.3) is 0 Å². The first kappa shape index (κ1) is 9.98. The summed E-state index contributed by atoms with van der Waals surface area (Å²) in [5, 5.41) is 17.7. The first-order chi connectivity index (χ1) is 5.65. The summed E-state index contributed by atoms with van der Waals surface area (Å²) in [6.45, 7) is 0.345. The molecule has 1 rings (SSSR count). The highest BCUT2D eigenvalue weighted by Gasteiger charge is 2.04. The zero-order valence-corrected chi connectivity index (χ0v) is 9.18. The third-order valence-electron chi connectivity index (χ3n) is 1.36. The predicted octanol–water partition coefficient (Wildman–Crippen LogP) is 2.40. The van der Waals surface area contributed by atoms with Gasteiger partial charge in [0, 0.05) is 6.54 Å². The average molecular weight is 297 g/mol. The fraction of sp³-hybridized carbons (Fsp3) is 0.143. The van der Waals surface area contributed by atoms with Gasteiger partial charge in [-0.3, -0.25) is 0 Å². The first-order valence-corrected chi connectivity index (χ1v) is 4.77. The molecule has 0 saturated carbocycles. The standard InChI is InChI=1S/C7H7Br2NO2/c8-5-1-4(3-10-12)2-6(9)7(5)11/h1-2,10-12H,3H2. The van der Waals surface area contributed by atoms with E-state index in [1.807, 2.05) is 5.48 Å². The van der Waals surface area contributed by atoms with Crippen LogP contribution in [-0.4, -0.2) is 10.3 Å². The van der Waals surface area contributed by atoms with Gasteiger partial charge in [-0.05, 0) is 49.6 Å². The Kier molecular flexibility index (Phi) is 3.52. The zero-order chi connectivity index (χ0) is 9.14. The van der Waals surface area contributed by atoms with Crippen molar-refractivity contribution in [1.82, 2.24) is 5.48 Å². The molecule has 0 spiro atoms. The van der Waals surface area contributed by atoms with Crippen LogP contribution in [0.5, 0.6) is 5.75 Å². The van der Waals surface area contributed by atoms with Gasteiger partial charge < -0.3 is 10.3 Å². The maximum Gasteiger partial charge on any atom is 0.143 e. The smallest absolute Gasteiger partial charge is 0.143 e. The summed E-state index contributed by atoms with van der Waals surface area (Å²) >= 11 is 6.35. The summed E-state index contributed by atoms with van der Waals surface area (Å²) in [5.74, 6) is 0.164. The Balaban J connectivity index is 3.04. The molecule has 0 aliphatic carbocycles. The van der Waals surface area contributed by atoms with Crippen molar-refractivity contribution in [3.05, 3.63) is 26.6 Å². The highest BCUT2D eigenvalue weighted by atomic mass is 79.9. The summed E-state index contributed by atoms with van der Waals surface area (Å²) < 4.78 is 1.20. The minimum atomic E-state index is 0.164. The van der Waals surface area contributed by atoms with Crippen LogP contribution in [0.25, 0.3) is 0 Å². The molecule has 3 nitrogen and oxygen atoms in total. The van der Waals surface area contributed by atoms with Gasteiger partial charge >= 0.3 is 0 Å². The van der Waals surface area contributed by atoms with Crippen molar-refractivity contribution >= 4 is 31.9 Å². The third-order valence-corrected chi connectivity index (χ3v) is 2.57. The number of nitrogens with one attached hydrogen (secondary N) is 1. The number of halogens is 2. The molecule has 3 N–H and O–H groups in total. The van der Waals surface area contributed by atoms with E-state index in [0.29, 0.717) is 15.5 Å². The molecule has 0 unspecified atom stereocenters. The second kappa shape index (κ2) is 4.23. The fourth-order valence-electron chi connectivity index (χ4n) is 0.811. The van der Waals surface area contributed by atoms with Crippen LogP contribution in [0.1, 0.15) is 5.56 Å². The summed E-state index contributed by atoms with van der Waals surface area (Å²) in [7, 11) is 0. The molecule has 0 atom stereocenters. The Bertz CT molecular complexity index is 268. The third kappa shape index (κ3) is 2.20. The van der Waals surface area contributed by atoms with Gasteiger partial charge in [0.2, 0.25) is 0 Å². The van der Waals surface area contributed by atoms with Crippen molar-refractivity contribution in [2.45, 2.75) is 6.54 Å². The molecular formula is C7H7Br2NO2. The van der Waals surface area contributed by atoms with Crippen molar-refractivity contribution in [3.8, 4) is 5.75 Å². The number of hydrogen-bond donors (Lipinski definition) is 3. The molecule has 0 aliphatic heterocycles. The monoisotopic (exact) mass is 295 g/mol. The molecule has 0 radical (unpaired) electrons. The maximum absolute atomic E-state index is 9.32. The predicted molar refractivity (Wildman–Crippen MR) is 52.1 cm³/mol. The van der Waals surface area contributed by atoms with E-state index in [2.05, 4.69) is 31.9 Å². The van der Waals surface area contributed by atoms with E-state index in [1.54, 1.807) is 12.1 Å². The van der Waals surface area contributed by atoms with Crippen LogP contribution in [0.4, 0.5) is 0 Å². The Morgan fingerprint density at radius 3 is 2.17 bits per heavy atom. The normalized spacial score (nSPS) is 10.2. The zero-order valence-electron chi connectivity index (χ0n) is 6.01. The number of phenolic OH excluding ortho intramolecular Hbond substituents is 1. The van der Waals surface area contributed by atoms with Gasteiger partial charge in [-0.15, -0.1) is 0 Å². The second-order valence-electron chi connectivity index (χ2n) is 2.24. The lowest BCUT2D eigenvalue weighted by Crippen LogP contribution is -2.05. The Morgan fingerprint density at radius 2 is 1.75 bits per heavy atom. The number of phenols is 1. The molecular weight excluding hydrogens is 290 g/mol. The van der Waals surface area contributed by atoms with Gasteiger partial charge in [-0.1, -0.05) is 0 Å². The van der Waals surface area contributed by atoms with Gasteiger partial charge in [-0.2, -0.15) is 0 Å². The van der Waals surface area contributed by atoms with Gasteiger partial charge in [0.15, 0.2) is 0 Å². The van der Waals surface area contributed by atoms with Crippen LogP contribution in [0.3, 0.4) is 0 Å². The lowest BCUT2D eigenvalue weighted by Gasteiger charge is -2.04. The van der Waals surface area contributed by atoms with Gasteiger partial charge in [0.1, 0.15) is 5.75 Å². The molecule has 0 saturated heterocycles. The number of aromatic hydroxyl groups is 1. The Hall–Kier alpha value is -0.100. The largest absolute Gasteiger partial charge is 0.506 e. The van der Waals surface area contributed by atoms with E-state index in [4.69, 9.17) is 5.21 Å². The number of benzene rings is 1. The summed E-state index contributed by atoms with van der Waals surface area (Å²) in [4.78, 5) is 0. The highest BCUT2D eigenvalue weighted by molar-refractivity contribution is 9.11. The number of hydrogen-bond acceptors (Lipinski definition) is 3. The first-order valence-electron chi connectivity index (χ1n) is 3.19. The van der Waals surface area contributed by atoms with E-state index < -0.39 is 0 Å². The Labute approximate surface area is 86.6 Å². The SMILES string of the molecule is ONCc1cc(Br)c(O)c(Br)c1.